The van der Waals surface area contributed by atoms with E-state index in [9.17, 15) is 22.4 Å². The van der Waals surface area contributed by atoms with Crippen molar-refractivity contribution in [3.05, 3.63) is 53.7 Å². The molecule has 1 aliphatic heterocycles. The molecule has 3 rings (SSSR count). The molecule has 0 spiro atoms. The number of aryl methyl sites for hydroxylation is 1. The number of sulfonamides is 1. The number of halogens is 1. The highest BCUT2D eigenvalue weighted by Gasteiger charge is 2.40. The molecule has 27 heavy (non-hydrogen) atoms. The number of hydrogen-bond donors (Lipinski definition) is 2. The van der Waals surface area contributed by atoms with Gasteiger partial charge in [-0.05, 0) is 38.0 Å². The second-order valence-corrected chi connectivity index (χ2v) is 7.90. The van der Waals surface area contributed by atoms with Crippen molar-refractivity contribution in [1.29, 1.82) is 0 Å². The second kappa shape index (κ2) is 7.49. The Labute approximate surface area is 155 Å². The van der Waals surface area contributed by atoms with E-state index >= 15 is 0 Å². The molecular weight excluding hydrogens is 377 g/mol. The van der Waals surface area contributed by atoms with Crippen LogP contribution in [0.1, 0.15) is 29.0 Å². The predicted octanol–water partition coefficient (Wildman–Crippen LogP) is 1.34. The molecule has 1 fully saturated rings. The third-order valence-corrected chi connectivity index (χ3v) is 6.27. The largest absolute Gasteiger partial charge is 0.469 e. The molecule has 1 aliphatic rings. The zero-order valence-electron chi connectivity index (χ0n) is 14.4. The van der Waals surface area contributed by atoms with E-state index in [4.69, 9.17) is 4.42 Å². The number of carbonyl (C=O) groups excluding carboxylic acids is 2. The van der Waals surface area contributed by atoms with Crippen LogP contribution in [0.5, 0.6) is 0 Å². The fourth-order valence-electron chi connectivity index (χ4n) is 2.96. The molecule has 0 saturated carbocycles. The summed E-state index contributed by atoms with van der Waals surface area (Å²) in [6.45, 7) is 1.68. The third-order valence-electron chi connectivity index (χ3n) is 4.33. The highest BCUT2D eigenvalue weighted by Crippen LogP contribution is 2.27. The van der Waals surface area contributed by atoms with Gasteiger partial charge < -0.3 is 4.42 Å². The lowest BCUT2D eigenvalue weighted by Gasteiger charge is -2.23. The normalized spacial score (nSPS) is 17.6. The monoisotopic (exact) mass is 395 g/mol. The molecule has 2 amide bonds. The molecule has 144 valence electrons. The zero-order chi connectivity index (χ0) is 19.6. The summed E-state index contributed by atoms with van der Waals surface area (Å²) in [6.07, 6.45) is 2.05. The lowest BCUT2D eigenvalue weighted by molar-refractivity contribution is -0.125. The molecule has 2 aromatic rings. The molecule has 1 saturated heterocycles. The lowest BCUT2D eigenvalue weighted by atomic mass is 10.2. The summed E-state index contributed by atoms with van der Waals surface area (Å²) in [6, 6.07) is 5.40. The summed E-state index contributed by atoms with van der Waals surface area (Å²) in [5.74, 6) is -1.78. The first-order chi connectivity index (χ1) is 12.8. The quantitative estimate of drug-likeness (QED) is 0.760. The van der Waals surface area contributed by atoms with Gasteiger partial charge in [0.05, 0.1) is 11.8 Å². The van der Waals surface area contributed by atoms with Gasteiger partial charge in [-0.25, -0.2) is 12.8 Å². The van der Waals surface area contributed by atoms with Gasteiger partial charge in [-0.1, -0.05) is 12.1 Å². The topological polar surface area (TPSA) is 109 Å². The van der Waals surface area contributed by atoms with Gasteiger partial charge in [0.1, 0.15) is 22.5 Å². The van der Waals surface area contributed by atoms with E-state index in [1.54, 1.807) is 6.92 Å². The van der Waals surface area contributed by atoms with Crippen molar-refractivity contribution in [3.63, 3.8) is 0 Å². The molecule has 1 unspecified atom stereocenters. The highest BCUT2D eigenvalue weighted by molar-refractivity contribution is 7.89. The number of amides is 2. The number of rotatable bonds is 4. The first-order valence-corrected chi connectivity index (χ1v) is 9.67. The van der Waals surface area contributed by atoms with Crippen molar-refractivity contribution >= 4 is 21.8 Å². The van der Waals surface area contributed by atoms with Crippen LogP contribution < -0.4 is 10.9 Å². The first-order valence-electron chi connectivity index (χ1n) is 8.23. The molecule has 2 heterocycles. The van der Waals surface area contributed by atoms with E-state index < -0.39 is 38.6 Å². The fraction of sp³-hybridized carbons (Fsp3) is 0.294. The Morgan fingerprint density at radius 3 is 2.63 bits per heavy atom. The minimum absolute atomic E-state index is 0.0868. The Morgan fingerprint density at radius 2 is 1.96 bits per heavy atom. The standard InChI is InChI=1S/C17H18FN3O5S/c1-11-12(8-10-26-11)16(22)19-20-17(23)14-6-4-9-21(14)27(24,25)15-7-3-2-5-13(15)18/h2-3,5,7-8,10,14H,4,6,9H2,1H3,(H,19,22)(H,20,23). The molecule has 1 aromatic heterocycles. The van der Waals surface area contributed by atoms with E-state index in [0.29, 0.717) is 12.2 Å². The Hall–Kier alpha value is -2.72. The van der Waals surface area contributed by atoms with Crippen LogP contribution in [-0.4, -0.2) is 37.1 Å². The fourth-order valence-corrected chi connectivity index (χ4v) is 4.68. The lowest BCUT2D eigenvalue weighted by Crippen LogP contribution is -2.51. The van der Waals surface area contributed by atoms with Crippen molar-refractivity contribution in [2.45, 2.75) is 30.7 Å². The zero-order valence-corrected chi connectivity index (χ0v) is 15.3. The van der Waals surface area contributed by atoms with Crippen LogP contribution in [0.25, 0.3) is 0 Å². The van der Waals surface area contributed by atoms with Crippen molar-refractivity contribution in [2.75, 3.05) is 6.54 Å². The minimum Gasteiger partial charge on any atom is -0.469 e. The Morgan fingerprint density at radius 1 is 1.22 bits per heavy atom. The molecule has 0 radical (unpaired) electrons. The van der Waals surface area contributed by atoms with E-state index in [1.807, 2.05) is 0 Å². The number of nitrogens with one attached hydrogen (secondary N) is 2. The molecule has 1 aromatic carbocycles. The Balaban J connectivity index is 1.72. The summed E-state index contributed by atoms with van der Waals surface area (Å²) in [7, 11) is -4.18. The van der Waals surface area contributed by atoms with Gasteiger partial charge in [0, 0.05) is 6.54 Å². The molecule has 0 bridgehead atoms. The number of nitrogens with zero attached hydrogens (tertiary/aromatic N) is 1. The van der Waals surface area contributed by atoms with E-state index in [1.165, 1.54) is 24.5 Å². The average Bonchev–Trinajstić information content (AvgIpc) is 3.29. The van der Waals surface area contributed by atoms with Crippen LogP contribution in [-0.2, 0) is 14.8 Å². The van der Waals surface area contributed by atoms with Crippen molar-refractivity contribution in [2.24, 2.45) is 0 Å². The van der Waals surface area contributed by atoms with Gasteiger partial charge in [-0.3, -0.25) is 20.4 Å². The average molecular weight is 395 g/mol. The number of benzene rings is 1. The molecule has 2 N–H and O–H groups in total. The van der Waals surface area contributed by atoms with Crippen LogP contribution in [0.4, 0.5) is 4.39 Å². The molecular formula is C17H18FN3O5S. The van der Waals surface area contributed by atoms with Crippen molar-refractivity contribution in [1.82, 2.24) is 15.2 Å². The summed E-state index contributed by atoms with van der Waals surface area (Å²) in [4.78, 5) is 24.0. The van der Waals surface area contributed by atoms with E-state index in [-0.39, 0.29) is 18.5 Å². The Bertz CT molecular complexity index is 972. The van der Waals surface area contributed by atoms with E-state index in [2.05, 4.69) is 10.9 Å². The predicted molar refractivity (Wildman–Crippen MR) is 92.4 cm³/mol. The van der Waals surface area contributed by atoms with Gasteiger partial charge in [0.2, 0.25) is 10.0 Å². The minimum atomic E-state index is -4.18. The molecule has 10 heteroatoms. The summed E-state index contributed by atoms with van der Waals surface area (Å²) in [5, 5.41) is 0. The first kappa shape index (κ1) is 19.1. The van der Waals surface area contributed by atoms with Crippen LogP contribution in [0, 0.1) is 12.7 Å². The van der Waals surface area contributed by atoms with Gasteiger partial charge >= 0.3 is 0 Å². The van der Waals surface area contributed by atoms with E-state index in [0.717, 1.165) is 16.4 Å². The van der Waals surface area contributed by atoms with Crippen LogP contribution in [0.15, 0.2) is 45.9 Å². The summed E-state index contributed by atoms with van der Waals surface area (Å²) >= 11 is 0. The number of furan rings is 1. The molecule has 1 atom stereocenters. The third kappa shape index (κ3) is 3.71. The number of hydrazine groups is 1. The van der Waals surface area contributed by atoms with Crippen LogP contribution >= 0.6 is 0 Å². The number of hydrogen-bond acceptors (Lipinski definition) is 5. The maximum Gasteiger partial charge on any atom is 0.273 e. The second-order valence-electron chi connectivity index (χ2n) is 6.04. The highest BCUT2D eigenvalue weighted by atomic mass is 32.2. The molecule has 0 aliphatic carbocycles. The van der Waals surface area contributed by atoms with Gasteiger partial charge in [-0.15, -0.1) is 0 Å². The summed E-state index contributed by atoms with van der Waals surface area (Å²) in [5.41, 5.74) is 4.71. The smallest absolute Gasteiger partial charge is 0.273 e. The van der Waals surface area contributed by atoms with Gasteiger partial charge in [0.25, 0.3) is 11.8 Å². The van der Waals surface area contributed by atoms with Crippen LogP contribution in [0.3, 0.4) is 0 Å². The number of carbonyl (C=O) groups is 2. The maximum atomic E-state index is 13.9. The molecule has 8 nitrogen and oxygen atoms in total. The SMILES string of the molecule is Cc1occc1C(=O)NNC(=O)C1CCCN1S(=O)(=O)c1ccccc1F. The maximum absolute atomic E-state index is 13.9. The van der Waals surface area contributed by atoms with Gasteiger partial charge in [-0.2, -0.15) is 4.31 Å². The van der Waals surface area contributed by atoms with Crippen molar-refractivity contribution in [3.8, 4) is 0 Å². The van der Waals surface area contributed by atoms with Crippen LogP contribution in [0.2, 0.25) is 0 Å². The Kier molecular flexibility index (Phi) is 5.29. The van der Waals surface area contributed by atoms with Crippen molar-refractivity contribution < 1.29 is 26.8 Å². The van der Waals surface area contributed by atoms with Gasteiger partial charge in [0.15, 0.2) is 0 Å². The summed E-state index contributed by atoms with van der Waals surface area (Å²) < 4.78 is 45.4.